The van der Waals surface area contributed by atoms with Crippen molar-refractivity contribution in [2.75, 3.05) is 5.73 Å². The molecule has 0 bridgehead atoms. The van der Waals surface area contributed by atoms with Crippen LogP contribution in [0, 0.1) is 6.92 Å². The molecule has 0 amide bonds. The second-order valence-electron chi connectivity index (χ2n) is 5.43. The normalized spacial score (nSPS) is 11.2. The maximum absolute atomic E-state index is 5.96. The van der Waals surface area contributed by atoms with Crippen LogP contribution >= 0.6 is 0 Å². The zero-order chi connectivity index (χ0) is 15.0. The number of ether oxygens (including phenoxy) is 1. The lowest BCUT2D eigenvalue weighted by Gasteiger charge is -2.09. The highest BCUT2D eigenvalue weighted by atomic mass is 16.5. The van der Waals surface area contributed by atoms with Gasteiger partial charge in [-0.05, 0) is 36.6 Å². The van der Waals surface area contributed by atoms with Gasteiger partial charge < -0.3 is 10.5 Å². The SMILES string of the molecule is Cc1ccc(N)c(Oc2nccn3nc(C(C)C)cc23)c1. The van der Waals surface area contributed by atoms with Gasteiger partial charge >= 0.3 is 0 Å². The topological polar surface area (TPSA) is 65.4 Å². The maximum atomic E-state index is 5.96. The highest BCUT2D eigenvalue weighted by Gasteiger charge is 2.12. The number of hydrogen-bond donors (Lipinski definition) is 1. The van der Waals surface area contributed by atoms with Crippen molar-refractivity contribution in [3.05, 3.63) is 47.9 Å². The van der Waals surface area contributed by atoms with Crippen LogP contribution in [0.4, 0.5) is 5.69 Å². The van der Waals surface area contributed by atoms with Crippen molar-refractivity contribution in [1.29, 1.82) is 0 Å². The Bertz CT molecular complexity index is 792. The van der Waals surface area contributed by atoms with Crippen LogP contribution in [0.15, 0.2) is 36.7 Å². The largest absolute Gasteiger partial charge is 0.435 e. The highest BCUT2D eigenvalue weighted by Crippen LogP contribution is 2.30. The third-order valence-corrected chi connectivity index (χ3v) is 3.34. The average Bonchev–Trinajstić information content (AvgIpc) is 2.88. The van der Waals surface area contributed by atoms with Crippen LogP contribution in [0.1, 0.15) is 31.0 Å². The van der Waals surface area contributed by atoms with Crippen LogP contribution in [0.25, 0.3) is 5.52 Å². The van der Waals surface area contributed by atoms with E-state index in [4.69, 9.17) is 10.5 Å². The number of hydrogen-bond acceptors (Lipinski definition) is 4. The van der Waals surface area contributed by atoms with Crippen molar-refractivity contribution in [1.82, 2.24) is 14.6 Å². The molecule has 108 valence electrons. The first-order valence-corrected chi connectivity index (χ1v) is 6.93. The molecular formula is C16H18N4O. The second-order valence-corrected chi connectivity index (χ2v) is 5.43. The Balaban J connectivity index is 2.06. The van der Waals surface area contributed by atoms with Crippen molar-refractivity contribution in [2.24, 2.45) is 0 Å². The van der Waals surface area contributed by atoms with Gasteiger partial charge in [0, 0.05) is 12.4 Å². The Morgan fingerprint density at radius 3 is 2.81 bits per heavy atom. The zero-order valence-electron chi connectivity index (χ0n) is 12.4. The van der Waals surface area contributed by atoms with Gasteiger partial charge in [0.05, 0.1) is 11.4 Å². The summed E-state index contributed by atoms with van der Waals surface area (Å²) in [5, 5.41) is 4.52. The number of aryl methyl sites for hydroxylation is 1. The van der Waals surface area contributed by atoms with E-state index >= 15 is 0 Å². The van der Waals surface area contributed by atoms with E-state index in [0.29, 0.717) is 23.2 Å². The average molecular weight is 282 g/mol. The molecule has 3 rings (SSSR count). The Hall–Kier alpha value is -2.56. The van der Waals surface area contributed by atoms with Crippen LogP contribution < -0.4 is 10.5 Å². The lowest BCUT2D eigenvalue weighted by atomic mass is 10.1. The summed E-state index contributed by atoms with van der Waals surface area (Å²) in [7, 11) is 0. The summed E-state index contributed by atoms with van der Waals surface area (Å²) in [4.78, 5) is 4.31. The summed E-state index contributed by atoms with van der Waals surface area (Å²) in [6.07, 6.45) is 3.49. The molecule has 0 spiro atoms. The van der Waals surface area contributed by atoms with Crippen molar-refractivity contribution in [2.45, 2.75) is 26.7 Å². The minimum absolute atomic E-state index is 0.349. The summed E-state index contributed by atoms with van der Waals surface area (Å²) in [6, 6.07) is 7.69. The zero-order valence-corrected chi connectivity index (χ0v) is 12.4. The van der Waals surface area contributed by atoms with Crippen LogP contribution in [0.5, 0.6) is 11.6 Å². The molecule has 0 aliphatic rings. The number of aromatic nitrogens is 3. The van der Waals surface area contributed by atoms with Crippen LogP contribution in [0.2, 0.25) is 0 Å². The molecule has 0 radical (unpaired) electrons. The Morgan fingerprint density at radius 2 is 2.05 bits per heavy atom. The van der Waals surface area contributed by atoms with E-state index in [2.05, 4.69) is 23.9 Å². The molecule has 0 fully saturated rings. The maximum Gasteiger partial charge on any atom is 0.245 e. The van der Waals surface area contributed by atoms with E-state index in [1.54, 1.807) is 10.7 Å². The monoisotopic (exact) mass is 282 g/mol. The fourth-order valence-electron chi connectivity index (χ4n) is 2.11. The number of nitrogens with zero attached hydrogens (tertiary/aromatic N) is 3. The molecule has 5 heteroatoms. The smallest absolute Gasteiger partial charge is 0.245 e. The molecule has 0 atom stereocenters. The molecule has 3 aromatic rings. The fraction of sp³-hybridized carbons (Fsp3) is 0.250. The third kappa shape index (κ3) is 2.54. The Kier molecular flexibility index (Phi) is 3.25. The first-order chi connectivity index (χ1) is 10.0. The molecule has 2 heterocycles. The lowest BCUT2D eigenvalue weighted by Crippen LogP contribution is -1.97. The summed E-state index contributed by atoms with van der Waals surface area (Å²) < 4.78 is 7.68. The van der Waals surface area contributed by atoms with Gasteiger partial charge in [-0.15, -0.1) is 0 Å². The Labute approximate surface area is 123 Å². The molecule has 0 saturated carbocycles. The lowest BCUT2D eigenvalue weighted by molar-refractivity contribution is 0.467. The molecule has 0 aliphatic heterocycles. The predicted molar refractivity (Wildman–Crippen MR) is 82.7 cm³/mol. The number of anilines is 1. The van der Waals surface area contributed by atoms with E-state index in [1.807, 2.05) is 37.4 Å². The fourth-order valence-corrected chi connectivity index (χ4v) is 2.11. The van der Waals surface area contributed by atoms with Gasteiger partial charge in [0.2, 0.25) is 5.88 Å². The Morgan fingerprint density at radius 1 is 1.24 bits per heavy atom. The molecule has 1 aromatic carbocycles. The van der Waals surface area contributed by atoms with E-state index in [-0.39, 0.29) is 0 Å². The highest BCUT2D eigenvalue weighted by molar-refractivity contribution is 5.61. The summed E-state index contributed by atoms with van der Waals surface area (Å²) >= 11 is 0. The predicted octanol–water partition coefficient (Wildman–Crippen LogP) is 3.54. The first-order valence-electron chi connectivity index (χ1n) is 6.93. The number of fused-ring (bicyclic) bond motifs is 1. The van der Waals surface area contributed by atoms with E-state index in [1.165, 1.54) is 0 Å². The summed E-state index contributed by atoms with van der Waals surface area (Å²) in [5.74, 6) is 1.47. The quantitative estimate of drug-likeness (QED) is 0.746. The van der Waals surface area contributed by atoms with Gasteiger partial charge in [-0.3, -0.25) is 0 Å². The third-order valence-electron chi connectivity index (χ3n) is 3.34. The molecule has 0 unspecified atom stereocenters. The minimum Gasteiger partial charge on any atom is -0.435 e. The van der Waals surface area contributed by atoms with Gasteiger partial charge in [-0.25, -0.2) is 9.50 Å². The van der Waals surface area contributed by atoms with Crippen molar-refractivity contribution < 1.29 is 4.74 Å². The second kappa shape index (κ2) is 5.09. The molecule has 0 saturated heterocycles. The van der Waals surface area contributed by atoms with Crippen molar-refractivity contribution >= 4 is 11.2 Å². The van der Waals surface area contributed by atoms with Gasteiger partial charge in [-0.1, -0.05) is 19.9 Å². The standard InChI is InChI=1S/C16H18N4O/c1-10(2)13-9-14-16(18-6-7-20(14)19-13)21-15-8-11(3)4-5-12(15)17/h4-10H,17H2,1-3H3. The van der Waals surface area contributed by atoms with Gasteiger partial charge in [0.25, 0.3) is 0 Å². The number of nitrogens with two attached hydrogens (primary N) is 1. The van der Waals surface area contributed by atoms with Gasteiger partial charge in [-0.2, -0.15) is 5.10 Å². The molecule has 21 heavy (non-hydrogen) atoms. The van der Waals surface area contributed by atoms with Crippen LogP contribution in [0.3, 0.4) is 0 Å². The molecule has 2 N–H and O–H groups in total. The number of benzene rings is 1. The van der Waals surface area contributed by atoms with Gasteiger partial charge in [0.15, 0.2) is 5.75 Å². The van der Waals surface area contributed by atoms with Crippen molar-refractivity contribution in [3.63, 3.8) is 0 Å². The first kappa shape index (κ1) is 13.4. The van der Waals surface area contributed by atoms with E-state index < -0.39 is 0 Å². The molecular weight excluding hydrogens is 264 g/mol. The number of nitrogen functional groups attached to an aromatic ring is 1. The molecule has 2 aromatic heterocycles. The molecule has 0 aliphatic carbocycles. The van der Waals surface area contributed by atoms with Crippen molar-refractivity contribution in [3.8, 4) is 11.6 Å². The van der Waals surface area contributed by atoms with E-state index in [9.17, 15) is 0 Å². The van der Waals surface area contributed by atoms with Gasteiger partial charge in [0.1, 0.15) is 5.52 Å². The van der Waals surface area contributed by atoms with E-state index in [0.717, 1.165) is 16.8 Å². The van der Waals surface area contributed by atoms with Crippen LogP contribution in [-0.4, -0.2) is 14.6 Å². The number of rotatable bonds is 3. The summed E-state index contributed by atoms with van der Waals surface area (Å²) in [6.45, 7) is 6.21. The molecule has 5 nitrogen and oxygen atoms in total. The summed E-state index contributed by atoms with van der Waals surface area (Å²) in [5.41, 5.74) is 9.48. The van der Waals surface area contributed by atoms with Crippen LogP contribution in [-0.2, 0) is 0 Å². The minimum atomic E-state index is 0.349.